The number of nitrogens with one attached hydrogen (secondary N) is 1. The molecule has 0 spiro atoms. The van der Waals surface area contributed by atoms with Crippen molar-refractivity contribution in [2.75, 3.05) is 7.05 Å². The first-order valence-corrected chi connectivity index (χ1v) is 6.04. The van der Waals surface area contributed by atoms with Gasteiger partial charge in [-0.05, 0) is 49.7 Å². The normalized spacial score (nSPS) is 12.4. The molecule has 94 valence electrons. The molecule has 1 atom stereocenters. The number of benzene rings is 1. The van der Waals surface area contributed by atoms with Crippen LogP contribution in [-0.2, 0) is 6.42 Å². The lowest BCUT2D eigenvalue weighted by molar-refractivity contribution is 0.544. The Kier molecular flexibility index (Phi) is 4.05. The summed E-state index contributed by atoms with van der Waals surface area (Å²) in [6.45, 7) is 2.03. The van der Waals surface area contributed by atoms with Gasteiger partial charge in [-0.2, -0.15) is 0 Å². The van der Waals surface area contributed by atoms with Crippen LogP contribution in [0.1, 0.15) is 22.9 Å². The molecule has 3 heteroatoms. The fourth-order valence-electron chi connectivity index (χ4n) is 1.99. The molecular formula is C15H17FN2. The van der Waals surface area contributed by atoms with Gasteiger partial charge in [-0.25, -0.2) is 4.39 Å². The van der Waals surface area contributed by atoms with Gasteiger partial charge in [-0.15, -0.1) is 0 Å². The summed E-state index contributed by atoms with van der Waals surface area (Å²) in [5, 5.41) is 3.19. The third kappa shape index (κ3) is 2.93. The molecule has 0 aliphatic rings. The van der Waals surface area contributed by atoms with E-state index in [4.69, 9.17) is 0 Å². The minimum Gasteiger partial charge on any atom is -0.311 e. The molecule has 0 aliphatic carbocycles. The molecule has 18 heavy (non-hydrogen) atoms. The maximum Gasteiger partial charge on any atom is 0.126 e. The van der Waals surface area contributed by atoms with Gasteiger partial charge in [-0.1, -0.05) is 18.2 Å². The summed E-state index contributed by atoms with van der Waals surface area (Å²) in [4.78, 5) is 4.35. The fourth-order valence-corrected chi connectivity index (χ4v) is 1.99. The van der Waals surface area contributed by atoms with Gasteiger partial charge in [0.1, 0.15) is 5.82 Å². The van der Waals surface area contributed by atoms with Crippen molar-refractivity contribution in [2.24, 2.45) is 0 Å². The first kappa shape index (κ1) is 12.7. The van der Waals surface area contributed by atoms with Gasteiger partial charge in [0.2, 0.25) is 0 Å². The quantitative estimate of drug-likeness (QED) is 0.894. The van der Waals surface area contributed by atoms with Crippen LogP contribution in [0.2, 0.25) is 0 Å². The lowest BCUT2D eigenvalue weighted by atomic mass is 10.0. The van der Waals surface area contributed by atoms with Gasteiger partial charge in [-0.3, -0.25) is 4.98 Å². The second-order valence-electron chi connectivity index (χ2n) is 4.39. The van der Waals surface area contributed by atoms with Gasteiger partial charge >= 0.3 is 0 Å². The van der Waals surface area contributed by atoms with Crippen molar-refractivity contribution < 1.29 is 4.39 Å². The minimum absolute atomic E-state index is 0.0294. The van der Waals surface area contributed by atoms with Crippen molar-refractivity contribution in [1.29, 1.82) is 0 Å². The van der Waals surface area contributed by atoms with Crippen molar-refractivity contribution >= 4 is 0 Å². The van der Waals surface area contributed by atoms with Crippen molar-refractivity contribution in [3.8, 4) is 0 Å². The molecule has 0 radical (unpaired) electrons. The number of likely N-dealkylation sites (N-methyl/N-ethyl adjacent to an activating group) is 1. The molecule has 2 aromatic rings. The topological polar surface area (TPSA) is 24.9 Å². The number of halogens is 1. The molecule has 1 aromatic heterocycles. The lowest BCUT2D eigenvalue weighted by Gasteiger charge is -2.16. The van der Waals surface area contributed by atoms with Crippen LogP contribution < -0.4 is 5.32 Å². The molecular weight excluding hydrogens is 227 g/mol. The summed E-state index contributed by atoms with van der Waals surface area (Å²) in [6, 6.07) is 10.9. The molecule has 0 amide bonds. The molecule has 1 unspecified atom stereocenters. The molecule has 0 aliphatic heterocycles. The van der Waals surface area contributed by atoms with Crippen LogP contribution in [0.25, 0.3) is 0 Å². The number of rotatable bonds is 4. The Morgan fingerprint density at radius 3 is 2.72 bits per heavy atom. The molecule has 1 N–H and O–H groups in total. The van der Waals surface area contributed by atoms with Crippen molar-refractivity contribution in [2.45, 2.75) is 19.4 Å². The molecule has 0 bridgehead atoms. The van der Waals surface area contributed by atoms with E-state index in [-0.39, 0.29) is 11.9 Å². The Bertz CT molecular complexity index is 525. The van der Waals surface area contributed by atoms with Gasteiger partial charge in [0.25, 0.3) is 0 Å². The Balaban J connectivity index is 2.23. The van der Waals surface area contributed by atoms with Crippen molar-refractivity contribution in [1.82, 2.24) is 10.3 Å². The van der Waals surface area contributed by atoms with Gasteiger partial charge in [0.15, 0.2) is 0 Å². The highest BCUT2D eigenvalue weighted by atomic mass is 19.1. The molecule has 0 fully saturated rings. The third-order valence-electron chi connectivity index (χ3n) is 3.02. The van der Waals surface area contributed by atoms with E-state index in [0.717, 1.165) is 11.3 Å². The average molecular weight is 244 g/mol. The van der Waals surface area contributed by atoms with Gasteiger partial charge in [0, 0.05) is 6.20 Å². The Morgan fingerprint density at radius 2 is 2.06 bits per heavy atom. The maximum atomic E-state index is 13.6. The third-order valence-corrected chi connectivity index (χ3v) is 3.02. The van der Waals surface area contributed by atoms with E-state index in [2.05, 4.69) is 10.3 Å². The standard InChI is InChI=1S/C15H17FN2/c1-11-7-8-18-15(9-11)14(17-2)10-12-5-3-4-6-13(12)16/h3-9,14,17H,10H2,1-2H3. The summed E-state index contributed by atoms with van der Waals surface area (Å²) in [7, 11) is 1.87. The summed E-state index contributed by atoms with van der Waals surface area (Å²) in [6.07, 6.45) is 2.38. The number of aryl methyl sites for hydroxylation is 1. The summed E-state index contributed by atoms with van der Waals surface area (Å²) >= 11 is 0. The van der Waals surface area contributed by atoms with Gasteiger partial charge < -0.3 is 5.32 Å². The van der Waals surface area contributed by atoms with Crippen LogP contribution in [0.15, 0.2) is 42.6 Å². The predicted octanol–water partition coefficient (Wildman–Crippen LogP) is 3.03. The number of aromatic nitrogens is 1. The summed E-state index contributed by atoms with van der Waals surface area (Å²) < 4.78 is 13.6. The monoisotopic (exact) mass is 244 g/mol. The molecule has 1 heterocycles. The second kappa shape index (κ2) is 5.74. The SMILES string of the molecule is CNC(Cc1ccccc1F)c1cc(C)ccn1. The highest BCUT2D eigenvalue weighted by molar-refractivity contribution is 5.23. The van der Waals surface area contributed by atoms with Crippen LogP contribution in [0.4, 0.5) is 4.39 Å². The molecule has 2 nitrogen and oxygen atoms in total. The second-order valence-corrected chi connectivity index (χ2v) is 4.39. The van der Waals surface area contributed by atoms with Crippen molar-refractivity contribution in [3.05, 3.63) is 65.2 Å². The zero-order valence-electron chi connectivity index (χ0n) is 10.7. The van der Waals surface area contributed by atoms with Crippen molar-refractivity contribution in [3.63, 3.8) is 0 Å². The Labute approximate surface area is 107 Å². The fraction of sp³-hybridized carbons (Fsp3) is 0.267. The van der Waals surface area contributed by atoms with Crippen LogP contribution >= 0.6 is 0 Å². The largest absolute Gasteiger partial charge is 0.311 e. The van der Waals surface area contributed by atoms with Gasteiger partial charge in [0.05, 0.1) is 11.7 Å². The first-order valence-electron chi connectivity index (χ1n) is 6.04. The number of hydrogen-bond donors (Lipinski definition) is 1. The Hall–Kier alpha value is -1.74. The number of nitrogens with zero attached hydrogens (tertiary/aromatic N) is 1. The molecule has 2 rings (SSSR count). The minimum atomic E-state index is -0.162. The Morgan fingerprint density at radius 1 is 1.28 bits per heavy atom. The first-order chi connectivity index (χ1) is 8.70. The summed E-state index contributed by atoms with van der Waals surface area (Å²) in [5.41, 5.74) is 2.81. The lowest BCUT2D eigenvalue weighted by Crippen LogP contribution is -2.20. The molecule has 0 saturated carbocycles. The van der Waals surface area contributed by atoms with Crippen LogP contribution in [-0.4, -0.2) is 12.0 Å². The highest BCUT2D eigenvalue weighted by Gasteiger charge is 2.13. The van der Waals surface area contributed by atoms with E-state index in [1.54, 1.807) is 12.3 Å². The van der Waals surface area contributed by atoms with E-state index in [1.165, 1.54) is 6.07 Å². The van der Waals surface area contributed by atoms with Crippen LogP contribution in [0.3, 0.4) is 0 Å². The van der Waals surface area contributed by atoms with E-state index >= 15 is 0 Å². The highest BCUT2D eigenvalue weighted by Crippen LogP contribution is 2.18. The van der Waals surface area contributed by atoms with E-state index in [0.29, 0.717) is 12.0 Å². The van der Waals surface area contributed by atoms with Crippen LogP contribution in [0.5, 0.6) is 0 Å². The zero-order chi connectivity index (χ0) is 13.0. The van der Waals surface area contributed by atoms with Crippen LogP contribution in [0, 0.1) is 12.7 Å². The van der Waals surface area contributed by atoms with E-state index in [1.807, 2.05) is 38.2 Å². The average Bonchev–Trinajstić information content (AvgIpc) is 2.38. The van der Waals surface area contributed by atoms with E-state index < -0.39 is 0 Å². The number of pyridine rings is 1. The predicted molar refractivity (Wildman–Crippen MR) is 70.9 cm³/mol. The smallest absolute Gasteiger partial charge is 0.126 e. The van der Waals surface area contributed by atoms with E-state index in [9.17, 15) is 4.39 Å². The number of hydrogen-bond acceptors (Lipinski definition) is 2. The molecule has 0 saturated heterocycles. The maximum absolute atomic E-state index is 13.6. The zero-order valence-corrected chi connectivity index (χ0v) is 10.7. The molecule has 1 aromatic carbocycles. The summed E-state index contributed by atoms with van der Waals surface area (Å²) in [5.74, 6) is -0.162.